The minimum Gasteiger partial charge on any atom is -0.396 e. The van der Waals surface area contributed by atoms with Gasteiger partial charge < -0.3 is 10.8 Å². The lowest BCUT2D eigenvalue weighted by molar-refractivity contribution is 0.280. The summed E-state index contributed by atoms with van der Waals surface area (Å²) in [5, 5.41) is 8.63. The summed E-state index contributed by atoms with van der Waals surface area (Å²) < 4.78 is 0.811. The average Bonchev–Trinajstić information content (AvgIpc) is 2.15. The normalized spacial score (nSPS) is 12.8. The number of hydrogen-bond donors (Lipinski definition) is 2. The van der Waals surface area contributed by atoms with Gasteiger partial charge in [-0.1, -0.05) is 6.07 Å². The first kappa shape index (κ1) is 10.6. The maximum atomic E-state index is 8.63. The zero-order valence-electron chi connectivity index (χ0n) is 7.28. The lowest BCUT2D eigenvalue weighted by Crippen LogP contribution is -2.10. The average molecular weight is 245 g/mol. The zero-order valence-corrected chi connectivity index (χ0v) is 8.87. The van der Waals surface area contributed by atoms with Crippen molar-refractivity contribution in [2.24, 2.45) is 5.73 Å². The molecule has 0 bridgehead atoms. The van der Waals surface area contributed by atoms with E-state index in [-0.39, 0.29) is 12.6 Å². The fourth-order valence-corrected chi connectivity index (χ4v) is 1.32. The molecule has 0 aliphatic carbocycles. The van der Waals surface area contributed by atoms with Crippen LogP contribution in [0.1, 0.15) is 24.4 Å². The van der Waals surface area contributed by atoms with Crippen molar-refractivity contribution in [3.8, 4) is 0 Å². The first-order chi connectivity index (χ1) is 6.24. The highest BCUT2D eigenvalue weighted by molar-refractivity contribution is 9.10. The van der Waals surface area contributed by atoms with Gasteiger partial charge in [0.1, 0.15) is 4.60 Å². The van der Waals surface area contributed by atoms with Crippen molar-refractivity contribution in [3.63, 3.8) is 0 Å². The summed E-state index contributed by atoms with van der Waals surface area (Å²) in [4.78, 5) is 4.08. The molecule has 4 heteroatoms. The molecule has 0 amide bonds. The number of aliphatic hydroxyl groups excluding tert-OH is 1. The molecule has 13 heavy (non-hydrogen) atoms. The fraction of sp³-hybridized carbons (Fsp3) is 0.444. The Morgan fingerprint density at radius 1 is 1.54 bits per heavy atom. The Hall–Kier alpha value is -0.450. The highest BCUT2D eigenvalue weighted by atomic mass is 79.9. The Morgan fingerprint density at radius 2 is 2.31 bits per heavy atom. The molecule has 0 aliphatic rings. The van der Waals surface area contributed by atoms with E-state index in [0.29, 0.717) is 0 Å². The van der Waals surface area contributed by atoms with Gasteiger partial charge in [-0.3, -0.25) is 0 Å². The van der Waals surface area contributed by atoms with E-state index in [1.54, 1.807) is 6.20 Å². The summed E-state index contributed by atoms with van der Waals surface area (Å²) in [7, 11) is 0. The van der Waals surface area contributed by atoms with Gasteiger partial charge in [-0.15, -0.1) is 0 Å². The molecule has 1 aromatic rings. The summed E-state index contributed by atoms with van der Waals surface area (Å²) >= 11 is 3.26. The molecule has 0 saturated carbocycles. The van der Waals surface area contributed by atoms with Gasteiger partial charge >= 0.3 is 0 Å². The minimum absolute atomic E-state index is 0.0206. The number of hydrogen-bond acceptors (Lipinski definition) is 3. The van der Waals surface area contributed by atoms with Crippen LogP contribution in [0.2, 0.25) is 0 Å². The number of nitrogens with zero attached hydrogens (tertiary/aromatic N) is 1. The Labute approximate surface area is 86.1 Å². The lowest BCUT2D eigenvalue weighted by atomic mass is 10.1. The van der Waals surface area contributed by atoms with Crippen molar-refractivity contribution in [1.82, 2.24) is 4.98 Å². The van der Waals surface area contributed by atoms with Crippen molar-refractivity contribution in [2.45, 2.75) is 18.9 Å². The monoisotopic (exact) mass is 244 g/mol. The molecule has 1 heterocycles. The summed E-state index contributed by atoms with van der Waals surface area (Å²) in [6.07, 6.45) is 3.28. The number of halogens is 1. The van der Waals surface area contributed by atoms with Crippen LogP contribution in [0, 0.1) is 0 Å². The van der Waals surface area contributed by atoms with E-state index in [2.05, 4.69) is 20.9 Å². The van der Waals surface area contributed by atoms with Gasteiger partial charge in [0.05, 0.1) is 0 Å². The summed E-state index contributed by atoms with van der Waals surface area (Å²) in [5.74, 6) is 0. The number of aromatic nitrogens is 1. The molecule has 0 aromatic carbocycles. The molecule has 0 unspecified atom stereocenters. The second-order valence-electron chi connectivity index (χ2n) is 2.89. The smallest absolute Gasteiger partial charge is 0.106 e. The summed E-state index contributed by atoms with van der Waals surface area (Å²) in [6, 6.07) is 3.79. The minimum atomic E-state index is -0.0206. The van der Waals surface area contributed by atoms with Gasteiger partial charge in [0.2, 0.25) is 0 Å². The molecule has 0 saturated heterocycles. The molecule has 0 radical (unpaired) electrons. The van der Waals surface area contributed by atoms with Crippen LogP contribution in [-0.4, -0.2) is 16.7 Å². The molecular weight excluding hydrogens is 232 g/mol. The van der Waals surface area contributed by atoms with Gasteiger partial charge in [-0.2, -0.15) is 0 Å². The van der Waals surface area contributed by atoms with Crippen molar-refractivity contribution in [2.75, 3.05) is 6.61 Å². The SMILES string of the molecule is N[C@@H](CCCO)c1ccc(Br)nc1. The highest BCUT2D eigenvalue weighted by Crippen LogP contribution is 2.16. The predicted octanol–water partition coefficient (Wildman–Crippen LogP) is 1.62. The van der Waals surface area contributed by atoms with E-state index >= 15 is 0 Å². The molecular formula is C9H13BrN2O. The molecule has 3 N–H and O–H groups in total. The Balaban J connectivity index is 2.55. The van der Waals surface area contributed by atoms with Crippen molar-refractivity contribution >= 4 is 15.9 Å². The standard InChI is InChI=1S/C9H13BrN2O/c10-9-4-3-7(6-12-9)8(11)2-1-5-13/h3-4,6,8,13H,1-2,5,11H2/t8-/m0/s1. The van der Waals surface area contributed by atoms with E-state index in [4.69, 9.17) is 10.8 Å². The number of aliphatic hydroxyl groups is 1. The van der Waals surface area contributed by atoms with E-state index in [0.717, 1.165) is 23.0 Å². The molecule has 72 valence electrons. The van der Waals surface area contributed by atoms with Gasteiger partial charge in [0, 0.05) is 18.8 Å². The molecule has 0 aliphatic heterocycles. The second-order valence-corrected chi connectivity index (χ2v) is 3.70. The van der Waals surface area contributed by atoms with Crippen LogP contribution < -0.4 is 5.73 Å². The van der Waals surface area contributed by atoms with Gasteiger partial charge in [0.15, 0.2) is 0 Å². The first-order valence-electron chi connectivity index (χ1n) is 4.22. The quantitative estimate of drug-likeness (QED) is 0.792. The van der Waals surface area contributed by atoms with Gasteiger partial charge in [-0.25, -0.2) is 4.98 Å². The zero-order chi connectivity index (χ0) is 9.68. The third-order valence-electron chi connectivity index (χ3n) is 1.85. The number of nitrogens with two attached hydrogens (primary N) is 1. The summed E-state index contributed by atoms with van der Waals surface area (Å²) in [6.45, 7) is 0.192. The topological polar surface area (TPSA) is 59.1 Å². The van der Waals surface area contributed by atoms with Gasteiger partial charge in [-0.05, 0) is 40.4 Å². The first-order valence-corrected chi connectivity index (χ1v) is 5.01. The highest BCUT2D eigenvalue weighted by Gasteiger charge is 2.04. The van der Waals surface area contributed by atoms with Crippen molar-refractivity contribution < 1.29 is 5.11 Å². The summed E-state index contributed by atoms with van der Waals surface area (Å²) in [5.41, 5.74) is 6.88. The maximum Gasteiger partial charge on any atom is 0.106 e. The van der Waals surface area contributed by atoms with Crippen molar-refractivity contribution in [3.05, 3.63) is 28.5 Å². The van der Waals surface area contributed by atoms with Crippen molar-refractivity contribution in [1.29, 1.82) is 0 Å². The molecule has 0 spiro atoms. The van der Waals surface area contributed by atoms with E-state index < -0.39 is 0 Å². The second kappa shape index (κ2) is 5.32. The Kier molecular flexibility index (Phi) is 4.35. The fourth-order valence-electron chi connectivity index (χ4n) is 1.08. The molecule has 1 atom stereocenters. The number of pyridine rings is 1. The molecule has 3 nitrogen and oxygen atoms in total. The van der Waals surface area contributed by atoms with E-state index in [1.807, 2.05) is 12.1 Å². The molecule has 1 rings (SSSR count). The van der Waals surface area contributed by atoms with Crippen LogP contribution in [0.3, 0.4) is 0 Å². The van der Waals surface area contributed by atoms with Crippen LogP contribution in [0.5, 0.6) is 0 Å². The van der Waals surface area contributed by atoms with Crippen LogP contribution in [-0.2, 0) is 0 Å². The van der Waals surface area contributed by atoms with Crippen LogP contribution in [0.4, 0.5) is 0 Å². The number of rotatable bonds is 4. The maximum absolute atomic E-state index is 8.63. The van der Waals surface area contributed by atoms with Crippen LogP contribution in [0.25, 0.3) is 0 Å². The predicted molar refractivity (Wildman–Crippen MR) is 55.2 cm³/mol. The Morgan fingerprint density at radius 3 is 2.85 bits per heavy atom. The van der Waals surface area contributed by atoms with Gasteiger partial charge in [0.25, 0.3) is 0 Å². The third-order valence-corrected chi connectivity index (χ3v) is 2.32. The molecule has 1 aromatic heterocycles. The Bertz CT molecular complexity index is 250. The lowest BCUT2D eigenvalue weighted by Gasteiger charge is -2.10. The van der Waals surface area contributed by atoms with E-state index in [1.165, 1.54) is 0 Å². The third kappa shape index (κ3) is 3.42. The van der Waals surface area contributed by atoms with E-state index in [9.17, 15) is 0 Å². The molecule has 0 fully saturated rings. The van der Waals surface area contributed by atoms with Crippen LogP contribution in [0.15, 0.2) is 22.9 Å². The largest absolute Gasteiger partial charge is 0.396 e. The van der Waals surface area contributed by atoms with Crippen LogP contribution >= 0.6 is 15.9 Å².